The van der Waals surface area contributed by atoms with Crippen LogP contribution in [0.1, 0.15) is 44.2 Å². The van der Waals surface area contributed by atoms with Crippen LogP contribution < -0.4 is 16.0 Å². The summed E-state index contributed by atoms with van der Waals surface area (Å²) in [6.07, 6.45) is -0.995. The molecule has 6 nitrogen and oxygen atoms in total. The molecule has 1 aromatic rings. The Balaban J connectivity index is 2.80. The normalized spacial score (nSPS) is 26.5. The molecular weight excluding hydrogens is 410 g/mol. The van der Waals surface area contributed by atoms with E-state index < -0.39 is 16.3 Å². The Morgan fingerprint density at radius 2 is 2.04 bits per heavy atom. The maximum atomic E-state index is 11.7. The molecule has 1 heterocycles. The van der Waals surface area contributed by atoms with Gasteiger partial charge in [-0.3, -0.25) is 10.6 Å². The maximum Gasteiger partial charge on any atom is 0.406 e. The van der Waals surface area contributed by atoms with Gasteiger partial charge < -0.3 is 15.5 Å². The van der Waals surface area contributed by atoms with Crippen molar-refractivity contribution in [2.75, 3.05) is 6.61 Å². The summed E-state index contributed by atoms with van der Waals surface area (Å²) in [4.78, 5) is 11.7. The molecule has 5 N–H and O–H groups in total. The molecule has 0 fully saturated rings. The van der Waals surface area contributed by atoms with Crippen LogP contribution in [0.4, 0.5) is 4.79 Å². The fraction of sp³-hybridized carbons (Fsp3) is 0.471. The molecule has 25 heavy (non-hydrogen) atoms. The van der Waals surface area contributed by atoms with Crippen LogP contribution in [0.2, 0.25) is 0 Å². The fourth-order valence-corrected chi connectivity index (χ4v) is 4.26. The van der Waals surface area contributed by atoms with Crippen molar-refractivity contribution >= 4 is 33.6 Å². The molecule has 138 valence electrons. The van der Waals surface area contributed by atoms with Gasteiger partial charge in [0.2, 0.25) is 0 Å². The Hall–Kier alpha value is -1.28. The van der Waals surface area contributed by atoms with Gasteiger partial charge in [0.05, 0.1) is 0 Å². The number of nitrogens with one attached hydrogen (secondary N) is 3. The zero-order valence-corrected chi connectivity index (χ0v) is 16.7. The smallest absolute Gasteiger partial charge is 0.406 e. The van der Waals surface area contributed by atoms with Crippen molar-refractivity contribution < 1.29 is 15.0 Å². The Kier molecular flexibility index (Phi) is 6.04. The minimum atomic E-state index is -1.28. The SMILES string of the molecule is CC(C)c1ccccc1C1(NC(=O)O)NC(C)(Br)NC(Cl)=C1CCO. The number of hydrogen-bond donors (Lipinski definition) is 5. The van der Waals surface area contributed by atoms with Gasteiger partial charge in [-0.05, 0) is 40.8 Å². The first kappa shape index (κ1) is 20.0. The molecule has 0 radical (unpaired) electrons. The predicted molar refractivity (Wildman–Crippen MR) is 102 cm³/mol. The van der Waals surface area contributed by atoms with Crippen LogP contribution in [0, 0.1) is 0 Å². The Morgan fingerprint density at radius 1 is 1.40 bits per heavy atom. The summed E-state index contributed by atoms with van der Waals surface area (Å²) in [5.41, 5.74) is 0.981. The Bertz CT molecular complexity index is 693. The van der Waals surface area contributed by atoms with Crippen molar-refractivity contribution in [3.8, 4) is 0 Å². The van der Waals surface area contributed by atoms with Gasteiger partial charge in [-0.15, -0.1) is 0 Å². The zero-order chi connectivity index (χ0) is 18.8. The van der Waals surface area contributed by atoms with E-state index in [4.69, 9.17) is 11.6 Å². The third-order valence-corrected chi connectivity index (χ3v) is 4.85. The first-order chi connectivity index (χ1) is 11.6. The lowest BCUT2D eigenvalue weighted by Gasteiger charge is -2.48. The van der Waals surface area contributed by atoms with E-state index in [1.54, 1.807) is 6.92 Å². The Morgan fingerprint density at radius 3 is 2.60 bits per heavy atom. The van der Waals surface area contributed by atoms with E-state index in [9.17, 15) is 15.0 Å². The second-order valence-corrected chi connectivity index (χ2v) is 8.41. The highest BCUT2D eigenvalue weighted by Crippen LogP contribution is 2.41. The van der Waals surface area contributed by atoms with Crippen LogP contribution in [0.5, 0.6) is 0 Å². The highest BCUT2D eigenvalue weighted by atomic mass is 79.9. The monoisotopic (exact) mass is 431 g/mol. The van der Waals surface area contributed by atoms with Crippen molar-refractivity contribution in [3.05, 3.63) is 46.1 Å². The molecular formula is C17H23BrClN3O3. The molecule has 2 unspecified atom stereocenters. The molecule has 0 aliphatic carbocycles. The van der Waals surface area contributed by atoms with Crippen molar-refractivity contribution in [1.29, 1.82) is 0 Å². The van der Waals surface area contributed by atoms with Crippen molar-refractivity contribution in [2.45, 2.75) is 43.3 Å². The minimum Gasteiger partial charge on any atom is -0.465 e. The standard InChI is InChI=1S/C17H23BrClN3O3/c1-10(2)11-6-4-5-7-12(11)17(21-15(24)25)13(8-9-23)14(19)20-16(3,18)22-17/h4-7,10,20-23H,8-9H2,1-3H3,(H,24,25). The molecule has 1 aliphatic rings. The summed E-state index contributed by atoms with van der Waals surface area (Å²) >= 11 is 9.95. The third kappa shape index (κ3) is 4.11. The molecule has 0 saturated heterocycles. The van der Waals surface area contributed by atoms with Gasteiger partial charge in [-0.25, -0.2) is 4.79 Å². The summed E-state index contributed by atoms with van der Waals surface area (Å²) in [6, 6.07) is 7.60. The summed E-state index contributed by atoms with van der Waals surface area (Å²) in [5, 5.41) is 28.3. The molecule has 0 bridgehead atoms. The second-order valence-electron chi connectivity index (χ2n) is 6.44. The van der Waals surface area contributed by atoms with Gasteiger partial charge in [-0.2, -0.15) is 0 Å². The van der Waals surface area contributed by atoms with E-state index in [1.807, 2.05) is 38.1 Å². The lowest BCUT2D eigenvalue weighted by molar-refractivity contribution is 0.159. The fourth-order valence-electron chi connectivity index (χ4n) is 3.22. The van der Waals surface area contributed by atoms with Crippen molar-refractivity contribution in [3.63, 3.8) is 0 Å². The van der Waals surface area contributed by atoms with Crippen molar-refractivity contribution in [2.24, 2.45) is 0 Å². The largest absolute Gasteiger partial charge is 0.465 e. The highest BCUT2D eigenvalue weighted by molar-refractivity contribution is 9.10. The lowest BCUT2D eigenvalue weighted by Crippen LogP contribution is -2.69. The van der Waals surface area contributed by atoms with Gasteiger partial charge in [0.25, 0.3) is 0 Å². The minimum absolute atomic E-state index is 0.163. The molecule has 1 aromatic carbocycles. The number of amides is 1. The van der Waals surface area contributed by atoms with E-state index in [0.29, 0.717) is 10.7 Å². The van der Waals surface area contributed by atoms with Gasteiger partial charge in [0.1, 0.15) is 15.4 Å². The number of rotatable bonds is 5. The molecule has 2 rings (SSSR count). The maximum absolute atomic E-state index is 11.7. The van der Waals surface area contributed by atoms with E-state index in [0.717, 1.165) is 11.1 Å². The highest BCUT2D eigenvalue weighted by Gasteiger charge is 2.48. The molecule has 2 atom stereocenters. The Labute approximate surface area is 160 Å². The summed E-state index contributed by atoms with van der Waals surface area (Å²) in [7, 11) is 0. The van der Waals surface area contributed by atoms with Gasteiger partial charge >= 0.3 is 6.09 Å². The predicted octanol–water partition coefficient (Wildman–Crippen LogP) is 3.32. The number of aliphatic hydroxyl groups excluding tert-OH is 1. The molecule has 0 aromatic heterocycles. The topological polar surface area (TPSA) is 93.6 Å². The third-order valence-electron chi connectivity index (χ3n) is 4.13. The van der Waals surface area contributed by atoms with Gasteiger partial charge in [0, 0.05) is 17.7 Å². The van der Waals surface area contributed by atoms with Crippen LogP contribution in [0.3, 0.4) is 0 Å². The van der Waals surface area contributed by atoms with Crippen molar-refractivity contribution in [1.82, 2.24) is 16.0 Å². The van der Waals surface area contributed by atoms with Crippen LogP contribution >= 0.6 is 27.5 Å². The first-order valence-corrected chi connectivity index (χ1v) is 9.17. The van der Waals surface area contributed by atoms with E-state index in [2.05, 4.69) is 31.9 Å². The summed E-state index contributed by atoms with van der Waals surface area (Å²) in [5.74, 6) is 0.163. The quantitative estimate of drug-likeness (QED) is 0.363. The number of halogens is 2. The lowest BCUT2D eigenvalue weighted by atomic mass is 9.82. The van der Waals surface area contributed by atoms with Gasteiger partial charge in [-0.1, -0.05) is 49.7 Å². The molecule has 1 amide bonds. The number of benzene rings is 1. The van der Waals surface area contributed by atoms with E-state index in [1.165, 1.54) is 0 Å². The molecule has 1 aliphatic heterocycles. The number of hydrogen-bond acceptors (Lipinski definition) is 4. The number of carbonyl (C=O) groups is 1. The summed E-state index contributed by atoms with van der Waals surface area (Å²) < 4.78 is -0.852. The zero-order valence-electron chi connectivity index (χ0n) is 14.4. The average Bonchev–Trinajstić information content (AvgIpc) is 2.49. The number of carboxylic acid groups (broad SMARTS) is 1. The molecule has 0 spiro atoms. The average molecular weight is 433 g/mol. The van der Waals surface area contributed by atoms with Gasteiger partial charge in [0.15, 0.2) is 0 Å². The molecule has 8 heteroatoms. The molecule has 0 saturated carbocycles. The van der Waals surface area contributed by atoms with Crippen LogP contribution in [0.15, 0.2) is 35.0 Å². The van der Waals surface area contributed by atoms with Crippen LogP contribution in [0.25, 0.3) is 0 Å². The van der Waals surface area contributed by atoms with E-state index >= 15 is 0 Å². The number of alkyl halides is 1. The second kappa shape index (κ2) is 7.53. The van der Waals surface area contributed by atoms with E-state index in [-0.39, 0.29) is 18.9 Å². The summed E-state index contributed by atoms with van der Waals surface area (Å²) in [6.45, 7) is 5.71. The van der Waals surface area contributed by atoms with Crippen LogP contribution in [-0.2, 0) is 5.66 Å². The van der Waals surface area contributed by atoms with Crippen LogP contribution in [-0.4, -0.2) is 27.5 Å². The first-order valence-electron chi connectivity index (χ1n) is 8.00. The number of aliphatic hydroxyl groups is 1.